The summed E-state index contributed by atoms with van der Waals surface area (Å²) in [5, 5.41) is 8.56. The predicted octanol–water partition coefficient (Wildman–Crippen LogP) is 1.48. The van der Waals surface area contributed by atoms with Gasteiger partial charge in [0, 0.05) is 12.7 Å². The lowest BCUT2D eigenvalue weighted by atomic mass is 9.90. The summed E-state index contributed by atoms with van der Waals surface area (Å²) in [6.07, 6.45) is 2.76. The van der Waals surface area contributed by atoms with E-state index >= 15 is 0 Å². The maximum Gasteiger partial charge on any atom is 0.322 e. The molecule has 2 heterocycles. The minimum atomic E-state index is -4.25. The number of rotatable bonds is 4. The molecule has 1 aliphatic rings. The maximum atomic E-state index is 13.7. The first-order valence-electron chi connectivity index (χ1n) is 6.73. The van der Waals surface area contributed by atoms with Crippen LogP contribution >= 0.6 is 0 Å². The smallest absolute Gasteiger partial charge is 0.322 e. The van der Waals surface area contributed by atoms with Gasteiger partial charge in [0.1, 0.15) is 6.04 Å². The predicted molar refractivity (Wildman–Crippen MR) is 72.5 cm³/mol. The van der Waals surface area contributed by atoms with E-state index in [0.29, 0.717) is 6.42 Å². The summed E-state index contributed by atoms with van der Waals surface area (Å²) in [5.41, 5.74) is 0. The highest BCUT2D eigenvalue weighted by molar-refractivity contribution is 7.89. The molecule has 1 aliphatic heterocycles. The van der Waals surface area contributed by atoms with Crippen molar-refractivity contribution in [3.05, 3.63) is 24.1 Å². The van der Waals surface area contributed by atoms with Crippen LogP contribution in [0.2, 0.25) is 0 Å². The van der Waals surface area contributed by atoms with Gasteiger partial charge in [-0.15, -0.1) is 0 Å². The van der Waals surface area contributed by atoms with E-state index in [1.54, 1.807) is 0 Å². The first kappa shape index (κ1) is 15.8. The zero-order chi connectivity index (χ0) is 15.6. The number of carboxylic acid groups (broad SMARTS) is 1. The minimum Gasteiger partial charge on any atom is -0.480 e. The molecular formula is C13H17FN2O4S. The normalized spacial score (nSPS) is 23.9. The van der Waals surface area contributed by atoms with Crippen molar-refractivity contribution in [1.29, 1.82) is 0 Å². The molecule has 0 saturated carbocycles. The summed E-state index contributed by atoms with van der Waals surface area (Å²) < 4.78 is 39.5. The standard InChI is InChI=1S/C13H17FN2O4S/c1-2-9-5-7-16(11(8-9)13(17)18)21(19,20)12-10(14)4-3-6-15-12/h3-4,6,9,11H,2,5,7-8H2,1H3,(H,17,18). The quantitative estimate of drug-likeness (QED) is 0.909. The van der Waals surface area contributed by atoms with E-state index in [9.17, 15) is 22.7 Å². The van der Waals surface area contributed by atoms with Gasteiger partial charge in [0.2, 0.25) is 5.03 Å². The van der Waals surface area contributed by atoms with E-state index in [0.717, 1.165) is 16.8 Å². The second-order valence-corrected chi connectivity index (χ2v) is 6.86. The fraction of sp³-hybridized carbons (Fsp3) is 0.538. The summed E-state index contributed by atoms with van der Waals surface area (Å²) >= 11 is 0. The van der Waals surface area contributed by atoms with Crippen molar-refractivity contribution in [2.24, 2.45) is 5.92 Å². The van der Waals surface area contributed by atoms with Gasteiger partial charge in [-0.2, -0.15) is 4.31 Å². The second-order valence-electron chi connectivity index (χ2n) is 5.06. The van der Waals surface area contributed by atoms with Crippen LogP contribution in [0.25, 0.3) is 0 Å². The van der Waals surface area contributed by atoms with Gasteiger partial charge in [0.25, 0.3) is 10.0 Å². The molecule has 1 aromatic heterocycles. The zero-order valence-corrected chi connectivity index (χ0v) is 12.4. The molecule has 8 heteroatoms. The van der Waals surface area contributed by atoms with Crippen molar-refractivity contribution in [1.82, 2.24) is 9.29 Å². The van der Waals surface area contributed by atoms with Crippen LogP contribution in [-0.2, 0) is 14.8 Å². The lowest BCUT2D eigenvalue weighted by Gasteiger charge is -2.35. The van der Waals surface area contributed by atoms with E-state index in [1.165, 1.54) is 12.3 Å². The number of piperidine rings is 1. The third-order valence-corrected chi connectivity index (χ3v) is 5.65. The van der Waals surface area contributed by atoms with Crippen LogP contribution in [0, 0.1) is 11.7 Å². The molecule has 21 heavy (non-hydrogen) atoms. The molecule has 1 N–H and O–H groups in total. The molecule has 0 bridgehead atoms. The van der Waals surface area contributed by atoms with Crippen LogP contribution in [-0.4, -0.2) is 41.4 Å². The third-order valence-electron chi connectivity index (χ3n) is 3.80. The van der Waals surface area contributed by atoms with Gasteiger partial charge in [0.05, 0.1) is 0 Å². The van der Waals surface area contributed by atoms with E-state index in [2.05, 4.69) is 4.98 Å². The molecule has 0 radical (unpaired) electrons. The molecule has 0 aliphatic carbocycles. The third kappa shape index (κ3) is 3.06. The number of aromatic nitrogens is 1. The van der Waals surface area contributed by atoms with Crippen LogP contribution in [0.3, 0.4) is 0 Å². The lowest BCUT2D eigenvalue weighted by molar-refractivity contribution is -0.143. The van der Waals surface area contributed by atoms with Crippen molar-refractivity contribution in [3.63, 3.8) is 0 Å². The molecule has 116 valence electrons. The van der Waals surface area contributed by atoms with Crippen LogP contribution < -0.4 is 0 Å². The van der Waals surface area contributed by atoms with Gasteiger partial charge in [-0.05, 0) is 30.9 Å². The van der Waals surface area contributed by atoms with Crippen LogP contribution in [0.1, 0.15) is 26.2 Å². The fourth-order valence-corrected chi connectivity index (χ4v) is 4.16. The Kier molecular flexibility index (Phi) is 4.58. The highest BCUT2D eigenvalue weighted by Gasteiger charge is 2.41. The molecule has 2 atom stereocenters. The maximum absolute atomic E-state index is 13.7. The van der Waals surface area contributed by atoms with Crippen molar-refractivity contribution < 1.29 is 22.7 Å². The Labute approximate surface area is 122 Å². The number of sulfonamides is 1. The molecule has 0 aromatic carbocycles. The van der Waals surface area contributed by atoms with Crippen molar-refractivity contribution in [2.75, 3.05) is 6.54 Å². The van der Waals surface area contributed by atoms with Gasteiger partial charge in [0.15, 0.2) is 5.82 Å². The summed E-state index contributed by atoms with van der Waals surface area (Å²) in [5.74, 6) is -2.03. The number of carboxylic acids is 1. The minimum absolute atomic E-state index is 0.0633. The Morgan fingerprint density at radius 2 is 2.29 bits per heavy atom. The Balaban J connectivity index is 2.39. The molecule has 1 fully saturated rings. The Hall–Kier alpha value is -1.54. The molecule has 0 amide bonds. The number of aliphatic carboxylic acids is 1. The van der Waals surface area contributed by atoms with E-state index < -0.39 is 32.9 Å². The van der Waals surface area contributed by atoms with Crippen molar-refractivity contribution >= 4 is 16.0 Å². The molecule has 6 nitrogen and oxygen atoms in total. The van der Waals surface area contributed by atoms with E-state index in [4.69, 9.17) is 0 Å². The number of halogens is 1. The second kappa shape index (κ2) is 6.07. The highest BCUT2D eigenvalue weighted by atomic mass is 32.2. The molecule has 2 unspecified atom stereocenters. The van der Waals surface area contributed by atoms with Gasteiger partial charge in [-0.25, -0.2) is 17.8 Å². The van der Waals surface area contributed by atoms with Gasteiger partial charge >= 0.3 is 5.97 Å². The molecule has 2 rings (SSSR count). The Bertz CT molecular complexity index is 635. The molecular weight excluding hydrogens is 299 g/mol. The molecule has 1 saturated heterocycles. The average Bonchev–Trinajstić information content (AvgIpc) is 2.46. The summed E-state index contributed by atoms with van der Waals surface area (Å²) in [4.78, 5) is 14.9. The number of nitrogens with zero attached hydrogens (tertiary/aromatic N) is 2. The van der Waals surface area contributed by atoms with Crippen LogP contribution in [0.15, 0.2) is 23.4 Å². The first-order chi connectivity index (χ1) is 9.87. The highest BCUT2D eigenvalue weighted by Crippen LogP contribution is 2.30. The number of pyridine rings is 1. The van der Waals surface area contributed by atoms with Gasteiger partial charge < -0.3 is 5.11 Å². The number of hydrogen-bond donors (Lipinski definition) is 1. The van der Waals surface area contributed by atoms with E-state index in [1.807, 2.05) is 6.92 Å². The lowest BCUT2D eigenvalue weighted by Crippen LogP contribution is -2.50. The first-order valence-corrected chi connectivity index (χ1v) is 8.17. The van der Waals surface area contributed by atoms with Gasteiger partial charge in [-0.1, -0.05) is 13.3 Å². The SMILES string of the molecule is CCC1CCN(S(=O)(=O)c2ncccc2F)C(C(=O)O)C1. The van der Waals surface area contributed by atoms with Gasteiger partial charge in [-0.3, -0.25) is 4.79 Å². The Morgan fingerprint density at radius 3 is 2.86 bits per heavy atom. The largest absolute Gasteiger partial charge is 0.480 e. The van der Waals surface area contributed by atoms with E-state index in [-0.39, 0.29) is 18.9 Å². The molecule has 1 aromatic rings. The van der Waals surface area contributed by atoms with Crippen molar-refractivity contribution in [2.45, 2.75) is 37.3 Å². The molecule has 0 spiro atoms. The summed E-state index contributed by atoms with van der Waals surface area (Å²) in [6, 6.07) is 1.11. The zero-order valence-electron chi connectivity index (χ0n) is 11.6. The summed E-state index contributed by atoms with van der Waals surface area (Å²) in [6.45, 7) is 2.00. The Morgan fingerprint density at radius 1 is 1.57 bits per heavy atom. The number of hydrogen-bond acceptors (Lipinski definition) is 4. The monoisotopic (exact) mass is 316 g/mol. The van der Waals surface area contributed by atoms with Crippen LogP contribution in [0.4, 0.5) is 4.39 Å². The topological polar surface area (TPSA) is 87.6 Å². The fourth-order valence-electron chi connectivity index (χ4n) is 2.57. The summed E-state index contributed by atoms with van der Waals surface area (Å²) in [7, 11) is -4.25. The average molecular weight is 316 g/mol. The van der Waals surface area contributed by atoms with Crippen molar-refractivity contribution in [3.8, 4) is 0 Å². The van der Waals surface area contributed by atoms with Crippen LogP contribution in [0.5, 0.6) is 0 Å². The number of carbonyl (C=O) groups is 1.